The number of benzene rings is 1. The summed E-state index contributed by atoms with van der Waals surface area (Å²) in [7, 11) is 0. The van der Waals surface area contributed by atoms with Crippen LogP contribution in [0.25, 0.3) is 44.4 Å². The lowest BCUT2D eigenvalue weighted by Gasteiger charge is -2.23. The van der Waals surface area contributed by atoms with Crippen molar-refractivity contribution in [1.29, 1.82) is 0 Å². The van der Waals surface area contributed by atoms with Crippen molar-refractivity contribution in [2.45, 2.75) is 25.6 Å². The van der Waals surface area contributed by atoms with Crippen LogP contribution >= 0.6 is 0 Å². The van der Waals surface area contributed by atoms with Crippen molar-refractivity contribution >= 4 is 16.8 Å². The molecule has 0 spiro atoms. The molecule has 1 N–H and O–H groups in total. The number of nitrogens with zero attached hydrogens (tertiary/aromatic N) is 4. The molecular formula is C30H25N5O3. The summed E-state index contributed by atoms with van der Waals surface area (Å²) in [4.78, 5) is 37.0. The Morgan fingerprint density at radius 2 is 1.45 bits per heavy atom. The number of carbonyl (C=O) groups is 1. The SMILES string of the molecule is O=C(NOC1CCCCO1)c1c(-c2ccncc2)c(-c2ccc(-c3ccncc3)cc2)nc2ccncc12. The standard InChI is InChI=1S/C30H25N5O3/c36-30(35-38-26-3-1-2-18-37-26)28-24-19-33-17-12-25(24)34-29(27(28)22-10-15-32-16-11-22)23-6-4-20(5-7-23)21-8-13-31-14-9-21/h4-17,19,26H,1-3,18H2,(H,35,36). The van der Waals surface area contributed by atoms with Crippen LogP contribution in [-0.4, -0.2) is 38.7 Å². The molecule has 1 saturated heterocycles. The highest BCUT2D eigenvalue weighted by Crippen LogP contribution is 2.38. The fourth-order valence-corrected chi connectivity index (χ4v) is 4.69. The van der Waals surface area contributed by atoms with Gasteiger partial charge in [-0.25, -0.2) is 15.3 Å². The summed E-state index contributed by atoms with van der Waals surface area (Å²) in [5.74, 6) is -0.388. The quantitative estimate of drug-likeness (QED) is 0.301. The van der Waals surface area contributed by atoms with Gasteiger partial charge in [-0.3, -0.25) is 19.7 Å². The lowest BCUT2D eigenvalue weighted by Crippen LogP contribution is -2.33. The molecule has 1 aromatic carbocycles. The predicted octanol–water partition coefficient (Wildman–Crippen LogP) is 5.61. The third-order valence-electron chi connectivity index (χ3n) is 6.58. The van der Waals surface area contributed by atoms with E-state index in [1.807, 2.05) is 54.6 Å². The zero-order valence-corrected chi connectivity index (χ0v) is 20.6. The van der Waals surface area contributed by atoms with Crippen LogP contribution in [0, 0.1) is 0 Å². The van der Waals surface area contributed by atoms with Gasteiger partial charge in [-0.05, 0) is 59.9 Å². The summed E-state index contributed by atoms with van der Waals surface area (Å²) in [6, 6.07) is 17.6. The van der Waals surface area contributed by atoms with E-state index in [4.69, 9.17) is 14.6 Å². The maximum atomic E-state index is 13.7. The Balaban J connectivity index is 1.49. The normalized spacial score (nSPS) is 15.3. The number of amides is 1. The molecular weight excluding hydrogens is 478 g/mol. The first kappa shape index (κ1) is 23.8. The number of rotatable bonds is 6. The number of hydroxylamine groups is 1. The van der Waals surface area contributed by atoms with Gasteiger partial charge < -0.3 is 4.74 Å². The summed E-state index contributed by atoms with van der Waals surface area (Å²) < 4.78 is 5.63. The summed E-state index contributed by atoms with van der Waals surface area (Å²) in [6.45, 7) is 0.616. The second-order valence-electron chi connectivity index (χ2n) is 9.00. The first-order valence-electron chi connectivity index (χ1n) is 12.5. The average molecular weight is 504 g/mol. The topological polar surface area (TPSA) is 99.1 Å². The molecule has 1 fully saturated rings. The minimum Gasteiger partial charge on any atom is -0.350 e. The molecule has 8 nitrogen and oxygen atoms in total. The molecule has 38 heavy (non-hydrogen) atoms. The van der Waals surface area contributed by atoms with Gasteiger partial charge in [0.25, 0.3) is 5.91 Å². The molecule has 0 aliphatic carbocycles. The monoisotopic (exact) mass is 503 g/mol. The van der Waals surface area contributed by atoms with Crippen molar-refractivity contribution in [3.63, 3.8) is 0 Å². The van der Waals surface area contributed by atoms with Crippen LogP contribution in [0.4, 0.5) is 0 Å². The van der Waals surface area contributed by atoms with E-state index < -0.39 is 6.29 Å². The lowest BCUT2D eigenvalue weighted by atomic mass is 9.92. The molecule has 1 amide bonds. The van der Waals surface area contributed by atoms with Crippen LogP contribution in [0.5, 0.6) is 0 Å². The van der Waals surface area contributed by atoms with Gasteiger partial charge >= 0.3 is 0 Å². The molecule has 8 heteroatoms. The molecule has 0 radical (unpaired) electrons. The molecule has 6 rings (SSSR count). The molecule has 5 heterocycles. The molecule has 0 bridgehead atoms. The number of fused-ring (bicyclic) bond motifs is 1. The maximum absolute atomic E-state index is 13.7. The van der Waals surface area contributed by atoms with Gasteiger partial charge in [0.05, 0.1) is 16.8 Å². The first-order chi connectivity index (χ1) is 18.8. The Morgan fingerprint density at radius 1 is 0.789 bits per heavy atom. The summed E-state index contributed by atoms with van der Waals surface area (Å²) in [5, 5.41) is 0.627. The Bertz CT molecular complexity index is 1550. The fraction of sp³-hybridized carbons (Fsp3) is 0.167. The van der Waals surface area contributed by atoms with Gasteiger partial charge in [0, 0.05) is 66.7 Å². The second-order valence-corrected chi connectivity index (χ2v) is 9.00. The second kappa shape index (κ2) is 10.8. The molecule has 188 valence electrons. The highest BCUT2D eigenvalue weighted by molar-refractivity contribution is 6.13. The fourth-order valence-electron chi connectivity index (χ4n) is 4.69. The van der Waals surface area contributed by atoms with Gasteiger partial charge in [-0.2, -0.15) is 0 Å². The van der Waals surface area contributed by atoms with E-state index in [0.717, 1.165) is 41.5 Å². The summed E-state index contributed by atoms with van der Waals surface area (Å²) >= 11 is 0. The minimum absolute atomic E-state index is 0.388. The Kier molecular flexibility index (Phi) is 6.80. The van der Waals surface area contributed by atoms with Crippen LogP contribution in [0.3, 0.4) is 0 Å². The summed E-state index contributed by atoms with van der Waals surface area (Å²) in [5.41, 5.74) is 8.89. The minimum atomic E-state index is -0.469. The van der Waals surface area contributed by atoms with E-state index in [-0.39, 0.29) is 5.91 Å². The summed E-state index contributed by atoms with van der Waals surface area (Å²) in [6.07, 6.45) is 12.5. The Hall–Kier alpha value is -4.53. The van der Waals surface area contributed by atoms with E-state index in [2.05, 4.69) is 20.4 Å². The van der Waals surface area contributed by atoms with E-state index >= 15 is 0 Å². The molecule has 5 aromatic rings. The smallest absolute Gasteiger partial charge is 0.276 e. The number of aromatic nitrogens is 4. The zero-order valence-electron chi connectivity index (χ0n) is 20.6. The highest BCUT2D eigenvalue weighted by Gasteiger charge is 2.25. The van der Waals surface area contributed by atoms with Crippen molar-refractivity contribution in [1.82, 2.24) is 25.4 Å². The van der Waals surface area contributed by atoms with Gasteiger partial charge in [0.15, 0.2) is 6.29 Å². The largest absolute Gasteiger partial charge is 0.350 e. The van der Waals surface area contributed by atoms with Crippen LogP contribution < -0.4 is 5.48 Å². The average Bonchev–Trinajstić information content (AvgIpc) is 3.00. The highest BCUT2D eigenvalue weighted by atomic mass is 16.8. The van der Waals surface area contributed by atoms with Gasteiger partial charge in [0.2, 0.25) is 0 Å². The number of nitrogens with one attached hydrogen (secondary N) is 1. The molecule has 1 unspecified atom stereocenters. The third-order valence-corrected chi connectivity index (χ3v) is 6.58. The van der Waals surface area contributed by atoms with Crippen LogP contribution in [0.2, 0.25) is 0 Å². The number of carbonyl (C=O) groups excluding carboxylic acids is 1. The van der Waals surface area contributed by atoms with Gasteiger partial charge in [-0.1, -0.05) is 24.3 Å². The van der Waals surface area contributed by atoms with Gasteiger partial charge in [-0.15, -0.1) is 0 Å². The maximum Gasteiger partial charge on any atom is 0.276 e. The van der Waals surface area contributed by atoms with Crippen molar-refractivity contribution in [2.75, 3.05) is 6.61 Å². The van der Waals surface area contributed by atoms with E-state index in [9.17, 15) is 4.79 Å². The van der Waals surface area contributed by atoms with Crippen LogP contribution in [0.15, 0.2) is 91.8 Å². The molecule has 0 saturated carbocycles. The lowest BCUT2D eigenvalue weighted by molar-refractivity contribution is -0.186. The van der Waals surface area contributed by atoms with Crippen molar-refractivity contribution in [3.8, 4) is 33.5 Å². The third kappa shape index (κ3) is 4.87. The molecule has 4 aromatic heterocycles. The number of ether oxygens (including phenoxy) is 1. The number of hydrogen-bond donors (Lipinski definition) is 1. The Labute approximate surface area is 219 Å². The molecule has 1 aliphatic rings. The number of pyridine rings is 4. The van der Waals surface area contributed by atoms with Crippen LogP contribution in [-0.2, 0) is 9.57 Å². The van der Waals surface area contributed by atoms with Crippen molar-refractivity contribution < 1.29 is 14.4 Å². The predicted molar refractivity (Wildman–Crippen MR) is 144 cm³/mol. The van der Waals surface area contributed by atoms with Crippen LogP contribution in [0.1, 0.15) is 29.6 Å². The van der Waals surface area contributed by atoms with Gasteiger partial charge in [0.1, 0.15) is 0 Å². The Morgan fingerprint density at radius 3 is 2.16 bits per heavy atom. The number of hydrogen-bond acceptors (Lipinski definition) is 7. The molecule has 1 atom stereocenters. The van der Waals surface area contributed by atoms with E-state index in [1.165, 1.54) is 0 Å². The van der Waals surface area contributed by atoms with E-state index in [1.54, 1.807) is 37.2 Å². The first-order valence-corrected chi connectivity index (χ1v) is 12.5. The van der Waals surface area contributed by atoms with Crippen molar-refractivity contribution in [2.24, 2.45) is 0 Å². The zero-order chi connectivity index (χ0) is 25.7. The van der Waals surface area contributed by atoms with E-state index in [0.29, 0.717) is 34.3 Å². The molecule has 1 aliphatic heterocycles. The van der Waals surface area contributed by atoms with Crippen molar-refractivity contribution in [3.05, 3.63) is 97.3 Å².